The van der Waals surface area contributed by atoms with Gasteiger partial charge in [0.05, 0.1) is 12.5 Å². The molecule has 5 heteroatoms. The van der Waals surface area contributed by atoms with Gasteiger partial charge in [0.25, 0.3) is 0 Å². The van der Waals surface area contributed by atoms with E-state index in [1.807, 2.05) is 43.3 Å². The lowest BCUT2D eigenvalue weighted by Crippen LogP contribution is -2.23. The molecule has 0 aliphatic carbocycles. The van der Waals surface area contributed by atoms with Gasteiger partial charge < -0.3 is 9.63 Å². The summed E-state index contributed by atoms with van der Waals surface area (Å²) in [5, 5.41) is 13.2. The van der Waals surface area contributed by atoms with Gasteiger partial charge in [-0.3, -0.25) is 9.69 Å². The van der Waals surface area contributed by atoms with Gasteiger partial charge in [-0.2, -0.15) is 0 Å². The van der Waals surface area contributed by atoms with Gasteiger partial charge in [0, 0.05) is 24.7 Å². The van der Waals surface area contributed by atoms with Crippen LogP contribution in [-0.4, -0.2) is 34.2 Å². The Kier molecular flexibility index (Phi) is 3.75. The van der Waals surface area contributed by atoms with Crippen molar-refractivity contribution in [2.24, 2.45) is 11.8 Å². The van der Waals surface area contributed by atoms with E-state index in [1.165, 1.54) is 0 Å². The molecule has 1 N–H and O–H groups in total. The van der Waals surface area contributed by atoms with E-state index < -0.39 is 5.97 Å². The van der Waals surface area contributed by atoms with Crippen molar-refractivity contribution in [1.29, 1.82) is 0 Å². The first-order chi connectivity index (χ1) is 10.1. The van der Waals surface area contributed by atoms with Crippen LogP contribution in [0.1, 0.15) is 12.7 Å². The maximum absolute atomic E-state index is 11.1. The second-order valence-corrected chi connectivity index (χ2v) is 5.66. The molecule has 1 aliphatic rings. The van der Waals surface area contributed by atoms with E-state index in [2.05, 4.69) is 10.1 Å². The lowest BCUT2D eigenvalue weighted by Gasteiger charge is -2.12. The van der Waals surface area contributed by atoms with Crippen LogP contribution in [0.4, 0.5) is 0 Å². The third-order valence-corrected chi connectivity index (χ3v) is 4.01. The number of aromatic nitrogens is 1. The van der Waals surface area contributed by atoms with Crippen LogP contribution in [-0.2, 0) is 11.3 Å². The second kappa shape index (κ2) is 5.69. The molecular formula is C16H18N2O3. The summed E-state index contributed by atoms with van der Waals surface area (Å²) in [5.74, 6) is -0.0693. The van der Waals surface area contributed by atoms with Gasteiger partial charge in [-0.15, -0.1) is 0 Å². The summed E-state index contributed by atoms with van der Waals surface area (Å²) >= 11 is 0. The Hall–Kier alpha value is -2.14. The average Bonchev–Trinajstić information content (AvgIpc) is 3.07. The molecule has 110 valence electrons. The van der Waals surface area contributed by atoms with E-state index >= 15 is 0 Å². The summed E-state index contributed by atoms with van der Waals surface area (Å²) in [6.07, 6.45) is 0. The van der Waals surface area contributed by atoms with E-state index in [0.717, 1.165) is 23.6 Å². The van der Waals surface area contributed by atoms with E-state index in [-0.39, 0.29) is 11.8 Å². The smallest absolute Gasteiger partial charge is 0.308 e. The van der Waals surface area contributed by atoms with E-state index in [9.17, 15) is 4.79 Å². The minimum atomic E-state index is -0.715. The lowest BCUT2D eigenvalue weighted by atomic mass is 9.99. The summed E-state index contributed by atoms with van der Waals surface area (Å²) in [6.45, 7) is 3.93. The monoisotopic (exact) mass is 286 g/mol. The topological polar surface area (TPSA) is 66.6 Å². The van der Waals surface area contributed by atoms with Crippen LogP contribution in [0, 0.1) is 11.8 Å². The van der Waals surface area contributed by atoms with Gasteiger partial charge in [-0.05, 0) is 5.92 Å². The predicted octanol–water partition coefficient (Wildman–Crippen LogP) is 2.49. The van der Waals surface area contributed by atoms with Crippen LogP contribution in [0.25, 0.3) is 11.3 Å². The highest BCUT2D eigenvalue weighted by molar-refractivity contribution is 5.71. The molecule has 21 heavy (non-hydrogen) atoms. The highest BCUT2D eigenvalue weighted by Crippen LogP contribution is 2.26. The van der Waals surface area contributed by atoms with Crippen LogP contribution >= 0.6 is 0 Å². The Bertz CT molecular complexity index is 623. The third-order valence-electron chi connectivity index (χ3n) is 4.01. The van der Waals surface area contributed by atoms with Crippen molar-refractivity contribution in [2.75, 3.05) is 13.1 Å². The molecule has 2 unspecified atom stereocenters. The zero-order chi connectivity index (χ0) is 14.8. The van der Waals surface area contributed by atoms with Crippen molar-refractivity contribution < 1.29 is 14.4 Å². The first-order valence-corrected chi connectivity index (χ1v) is 7.09. The molecule has 5 nitrogen and oxygen atoms in total. The van der Waals surface area contributed by atoms with Gasteiger partial charge in [0.15, 0.2) is 5.76 Å². The third kappa shape index (κ3) is 2.97. The Morgan fingerprint density at radius 1 is 1.38 bits per heavy atom. The highest BCUT2D eigenvalue weighted by Gasteiger charge is 2.34. The summed E-state index contributed by atoms with van der Waals surface area (Å²) in [4.78, 5) is 13.2. The Morgan fingerprint density at radius 2 is 2.14 bits per heavy atom. The van der Waals surface area contributed by atoms with E-state index in [1.54, 1.807) is 0 Å². The van der Waals surface area contributed by atoms with Crippen molar-refractivity contribution in [2.45, 2.75) is 13.5 Å². The number of hydrogen-bond acceptors (Lipinski definition) is 4. The Morgan fingerprint density at radius 3 is 2.81 bits per heavy atom. The molecule has 3 rings (SSSR count). The van der Waals surface area contributed by atoms with Crippen molar-refractivity contribution in [3.63, 3.8) is 0 Å². The summed E-state index contributed by atoms with van der Waals surface area (Å²) in [6, 6.07) is 11.8. The summed E-state index contributed by atoms with van der Waals surface area (Å²) in [7, 11) is 0. The number of rotatable bonds is 4. The maximum atomic E-state index is 11.1. The van der Waals surface area contributed by atoms with E-state index in [0.29, 0.717) is 13.1 Å². The Labute approximate surface area is 123 Å². The number of nitrogens with zero attached hydrogens (tertiary/aromatic N) is 2. The lowest BCUT2D eigenvalue weighted by molar-refractivity contribution is -0.142. The van der Waals surface area contributed by atoms with Gasteiger partial charge in [0.2, 0.25) is 0 Å². The minimum absolute atomic E-state index is 0.166. The van der Waals surface area contributed by atoms with Gasteiger partial charge in [0.1, 0.15) is 5.69 Å². The molecule has 1 aliphatic heterocycles. The predicted molar refractivity (Wildman–Crippen MR) is 77.5 cm³/mol. The number of carbonyl (C=O) groups is 1. The number of hydrogen-bond donors (Lipinski definition) is 1. The fraction of sp³-hybridized carbons (Fsp3) is 0.375. The number of carboxylic acid groups (broad SMARTS) is 1. The first kappa shape index (κ1) is 13.8. The molecule has 0 amide bonds. The normalized spacial score (nSPS) is 22.5. The van der Waals surface area contributed by atoms with Crippen molar-refractivity contribution in [3.05, 3.63) is 42.2 Å². The molecule has 0 bridgehead atoms. The van der Waals surface area contributed by atoms with Gasteiger partial charge in [-0.1, -0.05) is 42.4 Å². The summed E-state index contributed by atoms with van der Waals surface area (Å²) < 4.78 is 5.37. The van der Waals surface area contributed by atoms with Crippen LogP contribution in [0.5, 0.6) is 0 Å². The first-order valence-electron chi connectivity index (χ1n) is 7.09. The summed E-state index contributed by atoms with van der Waals surface area (Å²) in [5.41, 5.74) is 1.83. The van der Waals surface area contributed by atoms with Crippen molar-refractivity contribution in [3.8, 4) is 11.3 Å². The molecule has 0 radical (unpaired) electrons. The molecule has 0 spiro atoms. The van der Waals surface area contributed by atoms with E-state index in [4.69, 9.17) is 9.63 Å². The minimum Gasteiger partial charge on any atom is -0.481 e. The van der Waals surface area contributed by atoms with Gasteiger partial charge >= 0.3 is 5.97 Å². The maximum Gasteiger partial charge on any atom is 0.308 e. The molecule has 2 atom stereocenters. The number of benzene rings is 1. The fourth-order valence-electron chi connectivity index (χ4n) is 2.87. The van der Waals surface area contributed by atoms with Crippen LogP contribution < -0.4 is 0 Å². The molecule has 2 aromatic rings. The molecule has 1 aromatic heterocycles. The highest BCUT2D eigenvalue weighted by atomic mass is 16.5. The van der Waals surface area contributed by atoms with Gasteiger partial charge in [-0.25, -0.2) is 0 Å². The van der Waals surface area contributed by atoms with Crippen LogP contribution in [0.2, 0.25) is 0 Å². The number of aliphatic carboxylic acids is 1. The molecule has 0 saturated carbocycles. The Balaban J connectivity index is 1.67. The largest absolute Gasteiger partial charge is 0.481 e. The van der Waals surface area contributed by atoms with Crippen LogP contribution in [0.15, 0.2) is 40.9 Å². The average molecular weight is 286 g/mol. The quantitative estimate of drug-likeness (QED) is 0.935. The standard InChI is InChI=1S/C16H18N2O3/c1-11-8-18(10-14(11)16(19)20)9-13-7-15(17-21-13)12-5-3-2-4-6-12/h2-7,11,14H,8-10H2,1H3,(H,19,20). The molecule has 1 fully saturated rings. The SMILES string of the molecule is CC1CN(Cc2cc(-c3ccccc3)no2)CC1C(=O)O. The molecule has 1 saturated heterocycles. The molecular weight excluding hydrogens is 268 g/mol. The number of likely N-dealkylation sites (tertiary alicyclic amines) is 1. The van der Waals surface area contributed by atoms with Crippen molar-refractivity contribution >= 4 is 5.97 Å². The van der Waals surface area contributed by atoms with Crippen molar-refractivity contribution in [1.82, 2.24) is 10.1 Å². The number of carboxylic acids is 1. The zero-order valence-electron chi connectivity index (χ0n) is 11.9. The zero-order valence-corrected chi connectivity index (χ0v) is 11.9. The molecule has 2 heterocycles. The fourth-order valence-corrected chi connectivity index (χ4v) is 2.87. The molecule has 1 aromatic carbocycles. The second-order valence-electron chi connectivity index (χ2n) is 5.66. The van der Waals surface area contributed by atoms with Crippen LogP contribution in [0.3, 0.4) is 0 Å².